The molecule has 6 heterocycles. The van der Waals surface area contributed by atoms with E-state index in [0.717, 1.165) is 68.0 Å². The van der Waals surface area contributed by atoms with Crippen molar-refractivity contribution in [2.45, 2.75) is 89.1 Å². The number of nitrogens with zero attached hydrogens (tertiary/aromatic N) is 6. The van der Waals surface area contributed by atoms with Gasteiger partial charge in [-0.25, -0.2) is 18.1 Å². The molecule has 24 heteroatoms. The Morgan fingerprint density at radius 2 is 1.74 bits per heavy atom. The molecule has 6 aromatic rings. The number of rotatable bonds is 22. The van der Waals surface area contributed by atoms with Crippen molar-refractivity contribution < 1.29 is 51.5 Å². The molecule has 91 heavy (non-hydrogen) atoms. The first-order chi connectivity index (χ1) is 43.8. The van der Waals surface area contributed by atoms with E-state index in [9.17, 15) is 42.5 Å². The molecule has 0 radical (unpaired) electrons. The first-order valence-electron chi connectivity index (χ1n) is 30.8. The van der Waals surface area contributed by atoms with Crippen LogP contribution in [-0.4, -0.2) is 152 Å². The molecule has 11 rings (SSSR count). The standard InChI is InChI=1S/C67H73ClN10O12S/c1-67(2)24-22-48(55(37-67)46-12-14-49(68)15-13-46)41-74-27-29-75(30-28-74)50-16-18-54(60(35-50)90-51-34-47-23-25-69-63(47)71-39-51)64(81)73-91(86,87)52-17-19-57(59(36-52)78(84)85)70-38-44-8-7-26-76(40-44)62(80)43-89-33-32-88-31-5-3-4-9-45-10-6-11-53-56(45)42-77(66(53)83)58-20-21-61(79)72-65(58)82/h6,10-19,23,25,34-36,39,44,58,70H,3,5,7-8,20-22,24,26-33,37-38,40-43H2,1-2H3,(H,69,71)(H,73,81)(H,72,79,82). The number of halogens is 1. The van der Waals surface area contributed by atoms with Crippen molar-refractivity contribution in [1.82, 2.24) is 34.7 Å². The molecular weight excluding hydrogens is 1200 g/mol. The molecule has 5 aliphatic rings. The van der Waals surface area contributed by atoms with E-state index in [1.54, 1.807) is 41.4 Å². The van der Waals surface area contributed by atoms with E-state index in [0.29, 0.717) is 79.6 Å². The third-order valence-corrected chi connectivity index (χ3v) is 19.1. The van der Waals surface area contributed by atoms with Gasteiger partial charge in [-0.2, -0.15) is 0 Å². The Kier molecular flexibility index (Phi) is 19.8. The molecule has 1 aliphatic carbocycles. The van der Waals surface area contributed by atoms with Gasteiger partial charge in [-0.15, -0.1) is 0 Å². The summed E-state index contributed by atoms with van der Waals surface area (Å²) in [7, 11) is -4.68. The monoisotopic (exact) mass is 1280 g/mol. The Morgan fingerprint density at radius 1 is 0.923 bits per heavy atom. The number of fused-ring (bicyclic) bond motifs is 2. The lowest BCUT2D eigenvalue weighted by Crippen LogP contribution is -2.52. The fourth-order valence-electron chi connectivity index (χ4n) is 12.5. The fourth-order valence-corrected chi connectivity index (χ4v) is 13.6. The summed E-state index contributed by atoms with van der Waals surface area (Å²) >= 11 is 6.27. The highest BCUT2D eigenvalue weighted by molar-refractivity contribution is 7.90. The van der Waals surface area contributed by atoms with Crippen molar-refractivity contribution in [2.24, 2.45) is 11.3 Å². The number of aromatic nitrogens is 2. The summed E-state index contributed by atoms with van der Waals surface area (Å²) in [6.07, 6.45) is 9.45. The second-order valence-corrected chi connectivity index (χ2v) is 26.6. The summed E-state index contributed by atoms with van der Waals surface area (Å²) < 4.78 is 47.9. The van der Waals surface area contributed by atoms with Gasteiger partial charge in [0.1, 0.15) is 35.5 Å². The Bertz CT molecular complexity index is 3980. The molecule has 2 atom stereocenters. The summed E-state index contributed by atoms with van der Waals surface area (Å²) in [5.74, 6) is 4.36. The number of sulfonamides is 1. The van der Waals surface area contributed by atoms with E-state index in [2.05, 4.69) is 72.9 Å². The van der Waals surface area contributed by atoms with E-state index in [1.807, 2.05) is 24.3 Å². The summed E-state index contributed by atoms with van der Waals surface area (Å²) in [5.41, 5.74) is 7.11. The molecule has 4 aromatic carbocycles. The summed E-state index contributed by atoms with van der Waals surface area (Å²) in [6.45, 7) is 10.6. The number of unbranched alkanes of at least 4 members (excludes halogenated alkanes) is 1. The van der Waals surface area contributed by atoms with Gasteiger partial charge in [-0.1, -0.05) is 61.1 Å². The zero-order chi connectivity index (χ0) is 63.8. The molecule has 0 bridgehead atoms. The van der Waals surface area contributed by atoms with E-state index >= 15 is 0 Å². The fraction of sp³-hybridized carbons (Fsp3) is 0.403. The van der Waals surface area contributed by atoms with Crippen molar-refractivity contribution in [3.8, 4) is 23.3 Å². The number of hydrogen-bond acceptors (Lipinski definition) is 16. The molecule has 22 nitrogen and oxygen atoms in total. The Balaban J connectivity index is 0.649. The highest BCUT2D eigenvalue weighted by atomic mass is 35.5. The molecule has 2 unspecified atom stereocenters. The molecular formula is C67H73ClN10O12S. The van der Waals surface area contributed by atoms with Crippen LogP contribution < -0.4 is 25.0 Å². The van der Waals surface area contributed by atoms with Gasteiger partial charge in [-0.05, 0) is 134 Å². The topological polar surface area (TPSA) is 268 Å². The summed E-state index contributed by atoms with van der Waals surface area (Å²) in [4.78, 5) is 91.3. The van der Waals surface area contributed by atoms with Crippen molar-refractivity contribution in [2.75, 3.05) is 89.0 Å². The lowest BCUT2D eigenvalue weighted by Gasteiger charge is -2.39. The number of carbonyl (C=O) groups excluding carboxylic acids is 5. The minimum absolute atomic E-state index is 0.0733. The molecule has 476 valence electrons. The molecule has 5 amide bonds. The van der Waals surface area contributed by atoms with Gasteiger partial charge >= 0.3 is 0 Å². The summed E-state index contributed by atoms with van der Waals surface area (Å²) in [5, 5.41) is 19.4. The zero-order valence-electron chi connectivity index (χ0n) is 50.9. The maximum absolute atomic E-state index is 14.2. The number of benzene rings is 4. The van der Waals surface area contributed by atoms with Crippen LogP contribution in [0.3, 0.4) is 0 Å². The number of likely N-dealkylation sites (tertiary alicyclic amines) is 1. The number of carbonyl (C=O) groups is 5. The normalized spacial score (nSPS) is 18.6. The predicted molar refractivity (Wildman–Crippen MR) is 343 cm³/mol. The minimum atomic E-state index is -4.68. The van der Waals surface area contributed by atoms with Crippen LogP contribution in [0.5, 0.6) is 11.5 Å². The number of nitrogens with one attached hydrogen (secondary N) is 4. The lowest BCUT2D eigenvalue weighted by atomic mass is 9.72. The second-order valence-electron chi connectivity index (χ2n) is 24.5. The van der Waals surface area contributed by atoms with Crippen molar-refractivity contribution in [1.29, 1.82) is 0 Å². The molecule has 3 fully saturated rings. The summed E-state index contributed by atoms with van der Waals surface area (Å²) in [6, 6.07) is 24.8. The van der Waals surface area contributed by atoms with Crippen molar-refractivity contribution >= 4 is 84.8 Å². The number of piperidine rings is 2. The van der Waals surface area contributed by atoms with Crippen LogP contribution in [0, 0.1) is 33.3 Å². The SMILES string of the molecule is CC1(C)CCC(CN2CCN(c3ccc(C(=O)NS(=O)(=O)c4ccc(NCC5CCCN(C(=O)COCCOCCCC#Cc6cccc7c6CN(C6CCC(=O)NC6=O)C7=O)C5)c([N+](=O)[O-])c4)c(Oc4cnc5[nH]ccc5c4)c3)CC2)=C(c2ccc(Cl)cc2)C1. The number of pyridine rings is 1. The van der Waals surface area contributed by atoms with Crippen LogP contribution in [0.15, 0.2) is 114 Å². The van der Waals surface area contributed by atoms with Gasteiger partial charge in [0.15, 0.2) is 0 Å². The van der Waals surface area contributed by atoms with Gasteiger partial charge in [0, 0.05) is 124 Å². The second kappa shape index (κ2) is 28.2. The van der Waals surface area contributed by atoms with Gasteiger partial charge in [0.25, 0.3) is 27.5 Å². The number of anilines is 2. The molecule has 0 saturated carbocycles. The number of allylic oxidation sites excluding steroid dienone is 1. The Morgan fingerprint density at radius 3 is 2.54 bits per heavy atom. The predicted octanol–water partition coefficient (Wildman–Crippen LogP) is 9.10. The number of piperazine rings is 1. The number of nitro benzene ring substituents is 1. The Hall–Kier alpha value is -8.66. The maximum Gasteiger partial charge on any atom is 0.293 e. The van der Waals surface area contributed by atoms with Gasteiger partial charge < -0.3 is 39.2 Å². The van der Waals surface area contributed by atoms with E-state index in [4.69, 9.17) is 25.8 Å². The lowest BCUT2D eigenvalue weighted by molar-refractivity contribution is -0.384. The highest BCUT2D eigenvalue weighted by Gasteiger charge is 2.40. The van der Waals surface area contributed by atoms with Crippen LogP contribution in [0.4, 0.5) is 17.1 Å². The maximum atomic E-state index is 14.2. The van der Waals surface area contributed by atoms with E-state index < -0.39 is 43.4 Å². The third-order valence-electron chi connectivity index (χ3n) is 17.5. The smallest absolute Gasteiger partial charge is 0.293 e. The first kappa shape index (κ1) is 63.9. The van der Waals surface area contributed by atoms with Crippen molar-refractivity contribution in [3.63, 3.8) is 0 Å². The average molecular weight is 1280 g/mol. The largest absolute Gasteiger partial charge is 0.455 e. The van der Waals surface area contributed by atoms with Crippen molar-refractivity contribution in [3.05, 3.63) is 152 Å². The number of imide groups is 1. The van der Waals surface area contributed by atoms with Crippen LogP contribution in [-0.2, 0) is 40.4 Å². The van der Waals surface area contributed by atoms with Crippen LogP contribution in [0.1, 0.15) is 109 Å². The quantitative estimate of drug-likeness (QED) is 0.0162. The van der Waals surface area contributed by atoms with E-state index in [1.165, 1.54) is 46.0 Å². The third kappa shape index (κ3) is 15.6. The molecule has 2 aromatic heterocycles. The number of H-pyrrole nitrogens is 1. The first-order valence-corrected chi connectivity index (χ1v) is 32.7. The molecule has 4 aliphatic heterocycles. The Labute approximate surface area is 533 Å². The molecule has 0 spiro atoms. The number of ether oxygens (including phenoxy) is 3. The highest BCUT2D eigenvalue weighted by Crippen LogP contribution is 2.44. The van der Waals surface area contributed by atoms with E-state index in [-0.39, 0.29) is 91.8 Å². The van der Waals surface area contributed by atoms with Gasteiger partial charge in [-0.3, -0.25) is 44.3 Å². The zero-order valence-corrected chi connectivity index (χ0v) is 52.5. The minimum Gasteiger partial charge on any atom is -0.455 e. The van der Waals surface area contributed by atoms with Crippen LogP contribution in [0.25, 0.3) is 16.6 Å². The van der Waals surface area contributed by atoms with Gasteiger partial charge in [0.2, 0.25) is 17.7 Å². The van der Waals surface area contributed by atoms with Gasteiger partial charge in [0.05, 0.1) is 34.8 Å². The molecule has 4 N–H and O–H groups in total. The number of hydrogen-bond donors (Lipinski definition) is 4. The van der Waals surface area contributed by atoms with Crippen LogP contribution >= 0.6 is 11.6 Å². The number of amides is 5. The number of aromatic amines is 1. The average Bonchev–Trinajstić information content (AvgIpc) is 1.90. The van der Waals surface area contributed by atoms with Crippen LogP contribution in [0.2, 0.25) is 5.02 Å². The molecule has 3 saturated heterocycles. The number of nitro groups is 1.